The summed E-state index contributed by atoms with van der Waals surface area (Å²) >= 11 is 3.47. The number of carbonyl (C=O) groups excluding carboxylic acids is 1. The Balaban J connectivity index is 1.97. The summed E-state index contributed by atoms with van der Waals surface area (Å²) in [6.07, 6.45) is 0. The molecule has 0 aliphatic rings. The minimum absolute atomic E-state index is 0.00448. The minimum atomic E-state index is -0.170. The van der Waals surface area contributed by atoms with Crippen LogP contribution >= 0.6 is 15.9 Å². The Kier molecular flexibility index (Phi) is 7.29. The Morgan fingerprint density at radius 3 is 2.35 bits per heavy atom. The van der Waals surface area contributed by atoms with Gasteiger partial charge in [0, 0.05) is 12.1 Å². The molecule has 0 fully saturated rings. The molecule has 0 aliphatic carbocycles. The van der Waals surface area contributed by atoms with E-state index in [1.165, 1.54) is 0 Å². The van der Waals surface area contributed by atoms with Crippen molar-refractivity contribution in [2.24, 2.45) is 0 Å². The van der Waals surface area contributed by atoms with Crippen molar-refractivity contribution >= 4 is 27.5 Å². The predicted molar refractivity (Wildman–Crippen MR) is 105 cm³/mol. The summed E-state index contributed by atoms with van der Waals surface area (Å²) < 4.78 is 16.6. The van der Waals surface area contributed by atoms with Crippen molar-refractivity contribution in [1.82, 2.24) is 5.32 Å². The lowest BCUT2D eigenvalue weighted by atomic mass is 10.1. The van der Waals surface area contributed by atoms with Gasteiger partial charge in [-0.2, -0.15) is 0 Å². The van der Waals surface area contributed by atoms with Crippen molar-refractivity contribution in [1.29, 1.82) is 0 Å². The minimum Gasteiger partial charge on any atom is -0.497 e. The van der Waals surface area contributed by atoms with Crippen LogP contribution in [-0.2, 0) is 4.79 Å². The molecule has 140 valence electrons. The third-order valence-corrected chi connectivity index (χ3v) is 4.55. The number of anilines is 1. The summed E-state index contributed by atoms with van der Waals surface area (Å²) in [6.45, 7) is 2.15. The molecular weight excluding hydrogens is 400 g/mol. The number of carbonyl (C=O) groups is 1. The lowest BCUT2D eigenvalue weighted by molar-refractivity contribution is -0.115. The first-order valence-corrected chi connectivity index (χ1v) is 8.86. The lowest BCUT2D eigenvalue weighted by Gasteiger charge is -2.16. The number of rotatable bonds is 8. The van der Waals surface area contributed by atoms with E-state index >= 15 is 0 Å². The molecule has 7 heteroatoms. The second kappa shape index (κ2) is 9.45. The van der Waals surface area contributed by atoms with Crippen molar-refractivity contribution in [2.45, 2.75) is 13.0 Å². The number of hydrogen-bond acceptors (Lipinski definition) is 5. The SMILES string of the molecule is COc1ccc(OC)c(NC(=O)CN[C@@H](C)c2ccc(OC)c(Br)c2)c1. The third kappa shape index (κ3) is 5.12. The molecule has 0 spiro atoms. The first kappa shape index (κ1) is 20.1. The zero-order valence-electron chi connectivity index (χ0n) is 15.3. The van der Waals surface area contributed by atoms with Gasteiger partial charge < -0.3 is 24.8 Å². The largest absolute Gasteiger partial charge is 0.497 e. The zero-order chi connectivity index (χ0) is 19.1. The van der Waals surface area contributed by atoms with Crippen LogP contribution in [0.3, 0.4) is 0 Å². The molecule has 0 heterocycles. The second-order valence-electron chi connectivity index (χ2n) is 5.61. The van der Waals surface area contributed by atoms with Gasteiger partial charge >= 0.3 is 0 Å². The fourth-order valence-electron chi connectivity index (χ4n) is 2.42. The maximum absolute atomic E-state index is 12.3. The number of hydrogen-bond donors (Lipinski definition) is 2. The Morgan fingerprint density at radius 2 is 1.73 bits per heavy atom. The van der Waals surface area contributed by atoms with E-state index in [1.807, 2.05) is 25.1 Å². The first-order chi connectivity index (χ1) is 12.5. The Morgan fingerprint density at radius 1 is 1.04 bits per heavy atom. The third-order valence-electron chi connectivity index (χ3n) is 3.93. The van der Waals surface area contributed by atoms with Crippen LogP contribution in [-0.4, -0.2) is 33.8 Å². The molecule has 2 N–H and O–H groups in total. The molecule has 26 heavy (non-hydrogen) atoms. The van der Waals surface area contributed by atoms with Crippen molar-refractivity contribution in [3.8, 4) is 17.2 Å². The van der Waals surface area contributed by atoms with Crippen LogP contribution in [0.25, 0.3) is 0 Å². The molecule has 2 rings (SSSR count). The molecule has 2 aromatic carbocycles. The Labute approximate surface area is 162 Å². The van der Waals surface area contributed by atoms with Gasteiger partial charge in [-0.1, -0.05) is 6.07 Å². The molecule has 0 radical (unpaired) electrons. The van der Waals surface area contributed by atoms with Crippen LogP contribution in [0.15, 0.2) is 40.9 Å². The second-order valence-corrected chi connectivity index (χ2v) is 6.47. The molecule has 0 saturated heterocycles. The van der Waals surface area contributed by atoms with E-state index < -0.39 is 0 Å². The fourth-order valence-corrected chi connectivity index (χ4v) is 2.98. The van der Waals surface area contributed by atoms with Gasteiger partial charge in [0.05, 0.1) is 38.0 Å². The topological polar surface area (TPSA) is 68.8 Å². The number of ether oxygens (including phenoxy) is 3. The average molecular weight is 423 g/mol. The van der Waals surface area contributed by atoms with E-state index in [9.17, 15) is 4.79 Å². The number of methoxy groups -OCH3 is 3. The summed E-state index contributed by atoms with van der Waals surface area (Å²) in [5.41, 5.74) is 1.61. The standard InChI is InChI=1S/C19H23BrN2O4/c1-12(13-5-7-17(25-3)15(20)9-13)21-11-19(23)22-16-10-14(24-2)6-8-18(16)26-4/h5-10,12,21H,11H2,1-4H3,(H,22,23)/t12-/m0/s1. The monoisotopic (exact) mass is 422 g/mol. The van der Waals surface area contributed by atoms with Gasteiger partial charge in [0.15, 0.2) is 0 Å². The van der Waals surface area contributed by atoms with Crippen LogP contribution in [0.1, 0.15) is 18.5 Å². The van der Waals surface area contributed by atoms with Crippen LogP contribution in [0.2, 0.25) is 0 Å². The van der Waals surface area contributed by atoms with Gasteiger partial charge in [0.25, 0.3) is 0 Å². The fraction of sp³-hybridized carbons (Fsp3) is 0.316. The highest BCUT2D eigenvalue weighted by atomic mass is 79.9. The maximum atomic E-state index is 12.3. The lowest BCUT2D eigenvalue weighted by Crippen LogP contribution is -2.30. The van der Waals surface area contributed by atoms with Crippen molar-refractivity contribution < 1.29 is 19.0 Å². The Bertz CT molecular complexity index is 767. The number of amides is 1. The highest BCUT2D eigenvalue weighted by Crippen LogP contribution is 2.29. The number of halogens is 1. The summed E-state index contributed by atoms with van der Waals surface area (Å²) in [4.78, 5) is 12.3. The molecule has 2 aromatic rings. The number of benzene rings is 2. The van der Waals surface area contributed by atoms with Gasteiger partial charge in [-0.3, -0.25) is 4.79 Å². The van der Waals surface area contributed by atoms with E-state index in [0.717, 1.165) is 15.8 Å². The molecular formula is C19H23BrN2O4. The van der Waals surface area contributed by atoms with E-state index in [2.05, 4.69) is 26.6 Å². The van der Waals surface area contributed by atoms with Crippen molar-refractivity contribution in [2.75, 3.05) is 33.2 Å². The molecule has 6 nitrogen and oxygen atoms in total. The molecule has 0 bridgehead atoms. The first-order valence-electron chi connectivity index (χ1n) is 8.07. The van der Waals surface area contributed by atoms with Crippen molar-refractivity contribution in [3.05, 3.63) is 46.4 Å². The van der Waals surface area contributed by atoms with Gasteiger partial charge in [0.1, 0.15) is 17.2 Å². The van der Waals surface area contributed by atoms with Crippen LogP contribution < -0.4 is 24.8 Å². The van der Waals surface area contributed by atoms with Crippen LogP contribution in [0.5, 0.6) is 17.2 Å². The molecule has 0 saturated carbocycles. The molecule has 1 amide bonds. The summed E-state index contributed by atoms with van der Waals surface area (Å²) in [7, 11) is 4.75. The molecule has 1 atom stereocenters. The summed E-state index contributed by atoms with van der Waals surface area (Å²) in [5.74, 6) is 1.82. The van der Waals surface area contributed by atoms with Crippen LogP contribution in [0, 0.1) is 0 Å². The summed E-state index contributed by atoms with van der Waals surface area (Å²) in [6, 6.07) is 11.1. The molecule has 0 aliphatic heterocycles. The van der Waals surface area contributed by atoms with Crippen LogP contribution in [0.4, 0.5) is 5.69 Å². The maximum Gasteiger partial charge on any atom is 0.238 e. The van der Waals surface area contributed by atoms with Gasteiger partial charge in [0.2, 0.25) is 5.91 Å². The highest BCUT2D eigenvalue weighted by molar-refractivity contribution is 9.10. The molecule has 0 aromatic heterocycles. The zero-order valence-corrected chi connectivity index (χ0v) is 16.8. The van der Waals surface area contributed by atoms with E-state index in [0.29, 0.717) is 17.2 Å². The van der Waals surface area contributed by atoms with Gasteiger partial charge in [-0.15, -0.1) is 0 Å². The van der Waals surface area contributed by atoms with E-state index in [-0.39, 0.29) is 18.5 Å². The van der Waals surface area contributed by atoms with Gasteiger partial charge in [-0.05, 0) is 52.7 Å². The van der Waals surface area contributed by atoms with Crippen molar-refractivity contribution in [3.63, 3.8) is 0 Å². The highest BCUT2D eigenvalue weighted by Gasteiger charge is 2.12. The summed E-state index contributed by atoms with van der Waals surface area (Å²) in [5, 5.41) is 6.04. The molecule has 0 unspecified atom stereocenters. The number of nitrogens with one attached hydrogen (secondary N) is 2. The normalized spacial score (nSPS) is 11.6. The smallest absolute Gasteiger partial charge is 0.238 e. The van der Waals surface area contributed by atoms with E-state index in [4.69, 9.17) is 14.2 Å². The average Bonchev–Trinajstić information content (AvgIpc) is 2.65. The van der Waals surface area contributed by atoms with Gasteiger partial charge in [-0.25, -0.2) is 0 Å². The Hall–Kier alpha value is -2.25. The quantitative estimate of drug-likeness (QED) is 0.677. The van der Waals surface area contributed by atoms with E-state index in [1.54, 1.807) is 39.5 Å². The predicted octanol–water partition coefficient (Wildman–Crippen LogP) is 3.76.